The molecule has 2 rings (SSSR count). The molecule has 2 aromatic carbocycles. The molecule has 0 amide bonds. The maximum atomic E-state index is 9.35. The molecular formula is C14H12O6. The number of benzene rings is 2. The van der Waals surface area contributed by atoms with E-state index in [1.165, 1.54) is 36.4 Å². The highest BCUT2D eigenvalue weighted by Gasteiger charge is 2.08. The van der Waals surface area contributed by atoms with Gasteiger partial charge in [-0.2, -0.15) is 0 Å². The molecule has 6 nitrogen and oxygen atoms in total. The Morgan fingerprint density at radius 1 is 0.500 bits per heavy atom. The van der Waals surface area contributed by atoms with Gasteiger partial charge in [0.05, 0.1) is 0 Å². The molecule has 0 bridgehead atoms. The molecule has 0 unspecified atom stereocenters. The van der Waals surface area contributed by atoms with Gasteiger partial charge in [-0.15, -0.1) is 0 Å². The molecule has 0 aliphatic rings. The van der Waals surface area contributed by atoms with Gasteiger partial charge in [0.15, 0.2) is 34.5 Å². The van der Waals surface area contributed by atoms with Crippen molar-refractivity contribution in [1.29, 1.82) is 0 Å². The van der Waals surface area contributed by atoms with E-state index in [4.69, 9.17) is 0 Å². The first kappa shape index (κ1) is 13.4. The normalized spacial score (nSPS) is 11.0. The predicted molar refractivity (Wildman–Crippen MR) is 71.8 cm³/mol. The smallest absolute Gasteiger partial charge is 0.200 e. The summed E-state index contributed by atoms with van der Waals surface area (Å²) in [4.78, 5) is 0. The first-order chi connectivity index (χ1) is 9.38. The lowest BCUT2D eigenvalue weighted by molar-refractivity contribution is 0.367. The van der Waals surface area contributed by atoms with E-state index in [2.05, 4.69) is 0 Å². The zero-order valence-electron chi connectivity index (χ0n) is 10.1. The maximum absolute atomic E-state index is 9.35. The monoisotopic (exact) mass is 276 g/mol. The van der Waals surface area contributed by atoms with Crippen molar-refractivity contribution in [2.75, 3.05) is 0 Å². The van der Waals surface area contributed by atoms with Crippen LogP contribution in [0.1, 0.15) is 11.1 Å². The van der Waals surface area contributed by atoms with Gasteiger partial charge in [0.2, 0.25) is 0 Å². The molecule has 0 saturated carbocycles. The number of aromatic hydroxyl groups is 6. The Kier molecular flexibility index (Phi) is 3.30. The van der Waals surface area contributed by atoms with E-state index in [1.807, 2.05) is 0 Å². The molecule has 0 atom stereocenters. The summed E-state index contributed by atoms with van der Waals surface area (Å²) in [6.45, 7) is 0. The summed E-state index contributed by atoms with van der Waals surface area (Å²) in [6.07, 6.45) is 2.95. The summed E-state index contributed by atoms with van der Waals surface area (Å²) in [5.74, 6) is -3.10. The van der Waals surface area contributed by atoms with Crippen LogP contribution in [0, 0.1) is 0 Å². The van der Waals surface area contributed by atoms with E-state index in [1.54, 1.807) is 0 Å². The van der Waals surface area contributed by atoms with Gasteiger partial charge in [-0.25, -0.2) is 0 Å². The quantitative estimate of drug-likeness (QED) is 0.369. The second kappa shape index (κ2) is 4.93. The highest BCUT2D eigenvalue weighted by molar-refractivity contribution is 5.74. The number of hydrogen-bond acceptors (Lipinski definition) is 6. The lowest BCUT2D eigenvalue weighted by Crippen LogP contribution is -1.78. The number of phenols is 6. The van der Waals surface area contributed by atoms with Crippen molar-refractivity contribution in [3.8, 4) is 34.5 Å². The Bertz CT molecular complexity index is 585. The van der Waals surface area contributed by atoms with Crippen LogP contribution in [0.4, 0.5) is 0 Å². The summed E-state index contributed by atoms with van der Waals surface area (Å²) in [7, 11) is 0. The van der Waals surface area contributed by atoms with Crippen molar-refractivity contribution in [2.24, 2.45) is 0 Å². The Balaban J connectivity index is 2.35. The lowest BCUT2D eigenvalue weighted by atomic mass is 10.1. The van der Waals surface area contributed by atoms with Crippen LogP contribution in [0.3, 0.4) is 0 Å². The van der Waals surface area contributed by atoms with Crippen LogP contribution >= 0.6 is 0 Å². The van der Waals surface area contributed by atoms with Gasteiger partial charge in [0, 0.05) is 0 Å². The van der Waals surface area contributed by atoms with Crippen LogP contribution in [0.5, 0.6) is 34.5 Å². The third-order valence-electron chi connectivity index (χ3n) is 2.65. The van der Waals surface area contributed by atoms with Gasteiger partial charge in [-0.3, -0.25) is 0 Å². The van der Waals surface area contributed by atoms with Gasteiger partial charge >= 0.3 is 0 Å². The minimum Gasteiger partial charge on any atom is -0.504 e. The zero-order chi connectivity index (χ0) is 14.9. The van der Waals surface area contributed by atoms with Gasteiger partial charge in [-0.05, 0) is 35.4 Å². The number of hydrogen-bond donors (Lipinski definition) is 6. The molecule has 0 fully saturated rings. The van der Waals surface area contributed by atoms with Gasteiger partial charge < -0.3 is 30.6 Å². The molecule has 20 heavy (non-hydrogen) atoms. The number of rotatable bonds is 2. The van der Waals surface area contributed by atoms with E-state index in [0.29, 0.717) is 11.1 Å². The Morgan fingerprint density at radius 2 is 0.750 bits per heavy atom. The fourth-order valence-corrected chi connectivity index (χ4v) is 1.64. The first-order valence-corrected chi connectivity index (χ1v) is 5.56. The van der Waals surface area contributed by atoms with Crippen LogP contribution in [0.15, 0.2) is 24.3 Å². The third kappa shape index (κ3) is 2.54. The van der Waals surface area contributed by atoms with Crippen molar-refractivity contribution in [2.45, 2.75) is 0 Å². The molecule has 0 heterocycles. The Labute approximate surface area is 113 Å². The molecule has 2 aromatic rings. The SMILES string of the molecule is Oc1cc(C=Cc2cc(O)c(O)c(O)c2)cc(O)c1O. The maximum Gasteiger partial charge on any atom is 0.200 e. The van der Waals surface area contributed by atoms with Crippen LogP contribution in [-0.2, 0) is 0 Å². The molecule has 6 N–H and O–H groups in total. The molecular weight excluding hydrogens is 264 g/mol. The fourth-order valence-electron chi connectivity index (χ4n) is 1.64. The summed E-state index contributed by atoms with van der Waals surface area (Å²) < 4.78 is 0. The second-order valence-electron chi connectivity index (χ2n) is 4.15. The molecule has 0 aliphatic carbocycles. The van der Waals surface area contributed by atoms with E-state index >= 15 is 0 Å². The van der Waals surface area contributed by atoms with Crippen molar-refractivity contribution in [3.63, 3.8) is 0 Å². The summed E-state index contributed by atoms with van der Waals surface area (Å²) in [5, 5.41) is 55.8. The predicted octanol–water partition coefficient (Wildman–Crippen LogP) is 2.09. The minimum atomic E-state index is -0.609. The molecule has 104 valence electrons. The summed E-state index contributed by atoms with van der Waals surface area (Å²) >= 11 is 0. The molecule has 0 radical (unpaired) electrons. The Morgan fingerprint density at radius 3 is 1.00 bits per heavy atom. The highest BCUT2D eigenvalue weighted by atomic mass is 16.3. The average molecular weight is 276 g/mol. The average Bonchev–Trinajstić information content (AvgIpc) is 2.39. The molecule has 0 aliphatic heterocycles. The zero-order valence-corrected chi connectivity index (χ0v) is 10.1. The summed E-state index contributed by atoms with van der Waals surface area (Å²) in [5.41, 5.74) is 0.787. The van der Waals surface area contributed by atoms with E-state index < -0.39 is 34.5 Å². The van der Waals surface area contributed by atoms with Gasteiger partial charge in [-0.1, -0.05) is 12.2 Å². The van der Waals surface area contributed by atoms with Crippen LogP contribution in [0.25, 0.3) is 12.2 Å². The fraction of sp³-hybridized carbons (Fsp3) is 0. The largest absolute Gasteiger partial charge is 0.504 e. The number of phenolic OH excluding ortho intramolecular Hbond substituents is 6. The minimum absolute atomic E-state index is 0.393. The molecule has 0 aromatic heterocycles. The molecule has 6 heteroatoms. The topological polar surface area (TPSA) is 121 Å². The second-order valence-corrected chi connectivity index (χ2v) is 4.15. The summed E-state index contributed by atoms with van der Waals surface area (Å²) in [6, 6.07) is 4.91. The van der Waals surface area contributed by atoms with Crippen LogP contribution < -0.4 is 0 Å². The molecule has 0 spiro atoms. The van der Waals surface area contributed by atoms with Crippen LogP contribution in [-0.4, -0.2) is 30.6 Å². The van der Waals surface area contributed by atoms with Crippen molar-refractivity contribution in [1.82, 2.24) is 0 Å². The third-order valence-corrected chi connectivity index (χ3v) is 2.65. The van der Waals surface area contributed by atoms with E-state index in [9.17, 15) is 30.6 Å². The van der Waals surface area contributed by atoms with E-state index in [0.717, 1.165) is 0 Å². The van der Waals surface area contributed by atoms with E-state index in [-0.39, 0.29) is 0 Å². The van der Waals surface area contributed by atoms with Crippen LogP contribution in [0.2, 0.25) is 0 Å². The van der Waals surface area contributed by atoms with Gasteiger partial charge in [0.1, 0.15) is 0 Å². The van der Waals surface area contributed by atoms with Gasteiger partial charge in [0.25, 0.3) is 0 Å². The standard InChI is InChI=1S/C14H12O6/c15-9-3-7(4-10(16)13(9)19)1-2-8-5-11(17)14(20)12(18)6-8/h1-6,15-20H. The van der Waals surface area contributed by atoms with Crippen molar-refractivity contribution in [3.05, 3.63) is 35.4 Å². The van der Waals surface area contributed by atoms with Crippen molar-refractivity contribution >= 4 is 12.2 Å². The van der Waals surface area contributed by atoms with Crippen molar-refractivity contribution < 1.29 is 30.6 Å². The highest BCUT2D eigenvalue weighted by Crippen LogP contribution is 2.37. The Hall–Kier alpha value is -3.02. The molecule has 0 saturated heterocycles. The lowest BCUT2D eigenvalue weighted by Gasteiger charge is -2.04. The first-order valence-electron chi connectivity index (χ1n) is 5.56.